The molecule has 1 unspecified atom stereocenters. The number of alkyl halides is 3. The highest BCUT2D eigenvalue weighted by Gasteiger charge is 2.35. The molecule has 0 saturated carbocycles. The summed E-state index contributed by atoms with van der Waals surface area (Å²) in [6, 6.07) is -1.09. The minimum absolute atomic E-state index is 0.0327. The first-order valence-corrected chi connectivity index (χ1v) is 6.64. The molecule has 1 atom stereocenters. The van der Waals surface area contributed by atoms with Crippen LogP contribution in [-0.2, 0) is 4.79 Å². The van der Waals surface area contributed by atoms with Crippen LogP contribution >= 0.6 is 0 Å². The third-order valence-electron chi connectivity index (χ3n) is 3.37. The number of urea groups is 1. The number of carbonyl (C=O) groups is 2. The van der Waals surface area contributed by atoms with Gasteiger partial charge in [0.1, 0.15) is 0 Å². The summed E-state index contributed by atoms with van der Waals surface area (Å²) in [7, 11) is 0. The number of carboxylic acid groups (broad SMARTS) is 1. The number of nitrogens with zero attached hydrogens (tertiary/aromatic N) is 1. The molecule has 1 rings (SSSR count). The Morgan fingerprint density at radius 2 is 2.05 bits per heavy atom. The summed E-state index contributed by atoms with van der Waals surface area (Å²) >= 11 is 0. The van der Waals surface area contributed by atoms with Gasteiger partial charge in [-0.2, -0.15) is 13.2 Å². The van der Waals surface area contributed by atoms with E-state index in [1.807, 2.05) is 0 Å². The topological polar surface area (TPSA) is 69.6 Å². The molecule has 0 bridgehead atoms. The molecular weight excluding hydrogens is 289 g/mol. The maximum Gasteiger partial charge on any atom is 0.412 e. The lowest BCUT2D eigenvalue weighted by atomic mass is 10.0. The zero-order chi connectivity index (χ0) is 16.2. The molecule has 0 saturated heterocycles. The summed E-state index contributed by atoms with van der Waals surface area (Å²) in [6.45, 7) is 3.38. The molecule has 120 valence electrons. The van der Waals surface area contributed by atoms with E-state index >= 15 is 0 Å². The third kappa shape index (κ3) is 5.28. The van der Waals surface area contributed by atoms with Crippen LogP contribution in [0.2, 0.25) is 0 Å². The van der Waals surface area contributed by atoms with Crippen LogP contribution in [-0.4, -0.2) is 47.3 Å². The average Bonchev–Trinajstić information content (AvgIpc) is 2.36. The van der Waals surface area contributed by atoms with Crippen molar-refractivity contribution in [3.63, 3.8) is 0 Å². The third-order valence-corrected chi connectivity index (χ3v) is 3.37. The lowest BCUT2D eigenvalue weighted by molar-refractivity contribution is -0.137. The molecule has 8 heteroatoms. The second-order valence-electron chi connectivity index (χ2n) is 5.32. The molecule has 2 N–H and O–H groups in total. The zero-order valence-electron chi connectivity index (χ0n) is 11.9. The van der Waals surface area contributed by atoms with E-state index in [0.29, 0.717) is 0 Å². The molecule has 1 aliphatic rings. The Balaban J connectivity index is 2.61. The van der Waals surface area contributed by atoms with Crippen molar-refractivity contribution >= 4 is 12.0 Å². The quantitative estimate of drug-likeness (QED) is 0.784. The number of hydrogen-bond acceptors (Lipinski definition) is 2. The Hall–Kier alpha value is -1.73. The standard InChI is InChI=1S/C13H19F3N2O3/c1-8(2)10(7-11(19)20)17-12(21)18-5-3-9(4-6-18)13(14,15)16/h3,8,10H,4-7H2,1-2H3,(H,17,21)(H,19,20). The average molecular weight is 308 g/mol. The summed E-state index contributed by atoms with van der Waals surface area (Å²) in [5, 5.41) is 11.3. The van der Waals surface area contributed by atoms with Gasteiger partial charge in [0.2, 0.25) is 0 Å². The number of carbonyl (C=O) groups excluding carboxylic acids is 1. The smallest absolute Gasteiger partial charge is 0.412 e. The van der Waals surface area contributed by atoms with Crippen molar-refractivity contribution in [2.24, 2.45) is 5.92 Å². The molecule has 0 fully saturated rings. The lowest BCUT2D eigenvalue weighted by Gasteiger charge is -2.30. The molecule has 0 aromatic carbocycles. The van der Waals surface area contributed by atoms with Gasteiger partial charge in [0, 0.05) is 24.7 Å². The largest absolute Gasteiger partial charge is 0.481 e. The summed E-state index contributed by atoms with van der Waals surface area (Å²) in [5.41, 5.74) is -0.627. The second-order valence-corrected chi connectivity index (χ2v) is 5.32. The van der Waals surface area contributed by atoms with Crippen LogP contribution in [0.25, 0.3) is 0 Å². The van der Waals surface area contributed by atoms with Gasteiger partial charge in [-0.1, -0.05) is 19.9 Å². The van der Waals surface area contributed by atoms with Crippen molar-refractivity contribution in [2.75, 3.05) is 13.1 Å². The van der Waals surface area contributed by atoms with E-state index in [1.165, 1.54) is 4.90 Å². The fourth-order valence-electron chi connectivity index (χ4n) is 2.00. The highest BCUT2D eigenvalue weighted by Crippen LogP contribution is 2.30. The number of halogens is 3. The van der Waals surface area contributed by atoms with Crippen LogP contribution in [0, 0.1) is 5.92 Å². The Bertz CT molecular complexity index is 433. The summed E-state index contributed by atoms with van der Waals surface area (Å²) in [5.74, 6) is -1.12. The Labute approximate surface area is 120 Å². The van der Waals surface area contributed by atoms with Gasteiger partial charge in [0.15, 0.2) is 0 Å². The van der Waals surface area contributed by atoms with E-state index in [2.05, 4.69) is 5.32 Å². The van der Waals surface area contributed by atoms with Gasteiger partial charge in [-0.25, -0.2) is 4.79 Å². The predicted octanol–water partition coefficient (Wildman–Crippen LogP) is 2.39. The Morgan fingerprint density at radius 1 is 1.43 bits per heavy atom. The molecule has 0 aromatic heterocycles. The number of carboxylic acids is 1. The number of amides is 2. The summed E-state index contributed by atoms with van der Waals surface area (Å²) < 4.78 is 37.4. The minimum atomic E-state index is -4.35. The Morgan fingerprint density at radius 3 is 2.43 bits per heavy atom. The SMILES string of the molecule is CC(C)C(CC(=O)O)NC(=O)N1CC=C(C(F)(F)F)CC1. The molecule has 21 heavy (non-hydrogen) atoms. The molecule has 0 spiro atoms. The number of aliphatic carboxylic acids is 1. The summed E-state index contributed by atoms with van der Waals surface area (Å²) in [6.07, 6.45) is -3.83. The van der Waals surface area contributed by atoms with Crippen LogP contribution in [0.5, 0.6) is 0 Å². The first-order valence-electron chi connectivity index (χ1n) is 6.64. The molecule has 0 aromatic rings. The van der Waals surface area contributed by atoms with Gasteiger partial charge in [0.05, 0.1) is 6.42 Å². The van der Waals surface area contributed by atoms with Crippen LogP contribution in [0.3, 0.4) is 0 Å². The zero-order valence-corrected chi connectivity index (χ0v) is 11.9. The minimum Gasteiger partial charge on any atom is -0.481 e. The monoisotopic (exact) mass is 308 g/mol. The highest BCUT2D eigenvalue weighted by atomic mass is 19.4. The van der Waals surface area contributed by atoms with Crippen LogP contribution in [0.4, 0.5) is 18.0 Å². The van der Waals surface area contributed by atoms with Gasteiger partial charge >= 0.3 is 18.2 Å². The molecular formula is C13H19F3N2O3. The molecule has 5 nitrogen and oxygen atoms in total. The fourth-order valence-corrected chi connectivity index (χ4v) is 2.00. The van der Waals surface area contributed by atoms with E-state index in [-0.39, 0.29) is 31.8 Å². The van der Waals surface area contributed by atoms with E-state index in [4.69, 9.17) is 5.11 Å². The van der Waals surface area contributed by atoms with Gasteiger partial charge in [0.25, 0.3) is 0 Å². The molecule has 0 radical (unpaired) electrons. The van der Waals surface area contributed by atoms with Crippen LogP contribution in [0.15, 0.2) is 11.6 Å². The maximum atomic E-state index is 12.5. The van der Waals surface area contributed by atoms with Crippen molar-refractivity contribution in [3.05, 3.63) is 11.6 Å². The van der Waals surface area contributed by atoms with Crippen molar-refractivity contribution in [2.45, 2.75) is 38.9 Å². The van der Waals surface area contributed by atoms with E-state index < -0.39 is 29.8 Å². The van der Waals surface area contributed by atoms with Gasteiger partial charge in [-0.05, 0) is 12.3 Å². The first-order chi connectivity index (χ1) is 9.61. The van der Waals surface area contributed by atoms with Crippen molar-refractivity contribution in [3.8, 4) is 0 Å². The van der Waals surface area contributed by atoms with Gasteiger partial charge < -0.3 is 15.3 Å². The summed E-state index contributed by atoms with van der Waals surface area (Å²) in [4.78, 5) is 23.9. The van der Waals surface area contributed by atoms with Crippen LogP contribution in [0.1, 0.15) is 26.7 Å². The van der Waals surface area contributed by atoms with E-state index in [9.17, 15) is 22.8 Å². The first kappa shape index (κ1) is 17.3. The van der Waals surface area contributed by atoms with Crippen molar-refractivity contribution in [1.29, 1.82) is 0 Å². The maximum absolute atomic E-state index is 12.5. The van der Waals surface area contributed by atoms with Gasteiger partial charge in [-0.15, -0.1) is 0 Å². The normalized spacial score (nSPS) is 17.4. The molecule has 2 amide bonds. The number of rotatable bonds is 4. The molecule has 0 aliphatic carbocycles. The number of nitrogens with one attached hydrogen (secondary N) is 1. The van der Waals surface area contributed by atoms with Crippen LogP contribution < -0.4 is 5.32 Å². The lowest BCUT2D eigenvalue weighted by Crippen LogP contribution is -2.49. The predicted molar refractivity (Wildman–Crippen MR) is 69.7 cm³/mol. The molecule has 1 heterocycles. The van der Waals surface area contributed by atoms with Crippen molar-refractivity contribution < 1.29 is 27.9 Å². The Kier molecular flexibility index (Phi) is 5.62. The fraction of sp³-hybridized carbons (Fsp3) is 0.692. The molecule has 1 aliphatic heterocycles. The van der Waals surface area contributed by atoms with Crippen molar-refractivity contribution in [1.82, 2.24) is 10.2 Å². The van der Waals surface area contributed by atoms with E-state index in [1.54, 1.807) is 13.8 Å². The number of hydrogen-bond donors (Lipinski definition) is 2. The van der Waals surface area contributed by atoms with Gasteiger partial charge in [-0.3, -0.25) is 4.79 Å². The highest BCUT2D eigenvalue weighted by molar-refractivity contribution is 5.76. The second kappa shape index (κ2) is 6.82. The van der Waals surface area contributed by atoms with E-state index in [0.717, 1.165) is 6.08 Å².